The third kappa shape index (κ3) is 3.17. The highest BCUT2D eigenvalue weighted by Gasteiger charge is 2.36. The Morgan fingerprint density at radius 1 is 1.12 bits per heavy atom. The number of nitro benzene ring substituents is 1. The van der Waals surface area contributed by atoms with Gasteiger partial charge < -0.3 is 0 Å². The van der Waals surface area contributed by atoms with E-state index in [2.05, 4.69) is 0 Å². The first-order valence-electron chi connectivity index (χ1n) is 7.34. The van der Waals surface area contributed by atoms with E-state index in [0.717, 1.165) is 11.1 Å². The van der Waals surface area contributed by atoms with Crippen LogP contribution in [0.15, 0.2) is 53.4 Å². The van der Waals surface area contributed by atoms with Gasteiger partial charge in [-0.15, -0.1) is 11.8 Å². The van der Waals surface area contributed by atoms with Crippen LogP contribution in [0.4, 0.5) is 5.69 Å². The third-order valence-corrected chi connectivity index (χ3v) is 7.14. The number of nitrogens with zero attached hydrogens (tertiary/aromatic N) is 2. The number of nitro groups is 1. The third-order valence-electron chi connectivity index (χ3n) is 3.87. The van der Waals surface area contributed by atoms with Gasteiger partial charge in [0.1, 0.15) is 0 Å². The van der Waals surface area contributed by atoms with Crippen LogP contribution >= 0.6 is 11.8 Å². The molecule has 1 atom stereocenters. The molecule has 1 fully saturated rings. The molecule has 0 bridgehead atoms. The van der Waals surface area contributed by atoms with E-state index in [-0.39, 0.29) is 16.0 Å². The summed E-state index contributed by atoms with van der Waals surface area (Å²) in [6, 6.07) is 12.8. The molecule has 0 spiro atoms. The molecule has 0 aliphatic carbocycles. The highest BCUT2D eigenvalue weighted by molar-refractivity contribution is 8.01. The quantitative estimate of drug-likeness (QED) is 0.614. The lowest BCUT2D eigenvalue weighted by Crippen LogP contribution is -2.30. The van der Waals surface area contributed by atoms with E-state index < -0.39 is 14.9 Å². The highest BCUT2D eigenvalue weighted by atomic mass is 32.2. The molecule has 3 rings (SSSR count). The first-order chi connectivity index (χ1) is 11.4. The van der Waals surface area contributed by atoms with Crippen molar-refractivity contribution in [2.24, 2.45) is 0 Å². The molecule has 1 aliphatic heterocycles. The van der Waals surface area contributed by atoms with Crippen LogP contribution in [0, 0.1) is 17.0 Å². The van der Waals surface area contributed by atoms with Crippen molar-refractivity contribution in [1.82, 2.24) is 4.31 Å². The Balaban J connectivity index is 1.93. The lowest BCUT2D eigenvalue weighted by molar-refractivity contribution is -0.384. The van der Waals surface area contributed by atoms with Gasteiger partial charge in [0.25, 0.3) is 5.69 Å². The lowest BCUT2D eigenvalue weighted by Gasteiger charge is -2.23. The molecule has 0 saturated carbocycles. The monoisotopic (exact) mass is 364 g/mol. The van der Waals surface area contributed by atoms with Crippen LogP contribution in [0.2, 0.25) is 0 Å². The molecule has 1 heterocycles. The van der Waals surface area contributed by atoms with E-state index >= 15 is 0 Å². The normalized spacial score (nSPS) is 18.6. The largest absolute Gasteiger partial charge is 0.269 e. The Morgan fingerprint density at radius 3 is 2.33 bits per heavy atom. The van der Waals surface area contributed by atoms with Gasteiger partial charge in [0.15, 0.2) is 0 Å². The van der Waals surface area contributed by atoms with Gasteiger partial charge in [-0.25, -0.2) is 8.42 Å². The van der Waals surface area contributed by atoms with Gasteiger partial charge in [-0.3, -0.25) is 10.1 Å². The Hall–Kier alpha value is -1.90. The van der Waals surface area contributed by atoms with Crippen molar-refractivity contribution >= 4 is 27.5 Å². The molecule has 2 aromatic carbocycles. The number of hydrogen-bond acceptors (Lipinski definition) is 5. The Morgan fingerprint density at radius 2 is 1.75 bits per heavy atom. The van der Waals surface area contributed by atoms with Crippen LogP contribution in [0.1, 0.15) is 16.5 Å². The molecular weight excluding hydrogens is 348 g/mol. The molecule has 0 unspecified atom stereocenters. The summed E-state index contributed by atoms with van der Waals surface area (Å²) >= 11 is 1.58. The first kappa shape index (κ1) is 16.9. The molecule has 126 valence electrons. The number of non-ortho nitro benzene ring substituents is 1. The molecule has 24 heavy (non-hydrogen) atoms. The summed E-state index contributed by atoms with van der Waals surface area (Å²) in [4.78, 5) is 10.3. The SMILES string of the molecule is Cc1ccc([C@@H]2SCCN2S(=O)(=O)c2ccc([N+](=O)[O-])cc2)cc1. The molecule has 0 N–H and O–H groups in total. The summed E-state index contributed by atoms with van der Waals surface area (Å²) in [5, 5.41) is 10.5. The molecule has 0 aromatic heterocycles. The van der Waals surface area contributed by atoms with Crippen LogP contribution in [-0.2, 0) is 10.0 Å². The minimum Gasteiger partial charge on any atom is -0.258 e. The zero-order valence-electron chi connectivity index (χ0n) is 13.0. The molecule has 0 radical (unpaired) electrons. The standard InChI is InChI=1S/C16H16N2O4S2/c1-12-2-4-13(5-3-12)16-17(10-11-23-16)24(21,22)15-8-6-14(7-9-15)18(19)20/h2-9,16H,10-11H2,1H3/t16-/m0/s1. The van der Waals surface area contributed by atoms with Crippen LogP contribution < -0.4 is 0 Å². The van der Waals surface area contributed by atoms with E-state index in [0.29, 0.717) is 12.3 Å². The van der Waals surface area contributed by atoms with Gasteiger partial charge in [0, 0.05) is 24.4 Å². The number of sulfonamides is 1. The number of rotatable bonds is 4. The fourth-order valence-electron chi connectivity index (χ4n) is 2.57. The predicted molar refractivity (Wildman–Crippen MR) is 93.4 cm³/mol. The number of benzene rings is 2. The lowest BCUT2D eigenvalue weighted by atomic mass is 10.1. The topological polar surface area (TPSA) is 80.5 Å². The Bertz CT molecular complexity index is 849. The number of hydrogen-bond donors (Lipinski definition) is 0. The maximum absolute atomic E-state index is 12.9. The van der Waals surface area contributed by atoms with E-state index in [1.54, 1.807) is 11.8 Å². The summed E-state index contributed by atoms with van der Waals surface area (Å²) in [7, 11) is -3.70. The van der Waals surface area contributed by atoms with Crippen molar-refractivity contribution in [2.45, 2.75) is 17.2 Å². The summed E-state index contributed by atoms with van der Waals surface area (Å²) in [6.45, 7) is 2.40. The minimum absolute atomic E-state index is 0.0766. The van der Waals surface area contributed by atoms with Gasteiger partial charge in [-0.1, -0.05) is 29.8 Å². The second-order valence-corrected chi connectivity index (χ2v) is 8.58. The van der Waals surface area contributed by atoms with Gasteiger partial charge in [0.05, 0.1) is 15.2 Å². The van der Waals surface area contributed by atoms with Crippen molar-refractivity contribution in [3.8, 4) is 0 Å². The molecule has 6 nitrogen and oxygen atoms in total. The van der Waals surface area contributed by atoms with Crippen molar-refractivity contribution in [3.05, 3.63) is 69.8 Å². The predicted octanol–water partition coefficient (Wildman–Crippen LogP) is 3.34. The smallest absolute Gasteiger partial charge is 0.258 e. The highest BCUT2D eigenvalue weighted by Crippen LogP contribution is 2.41. The van der Waals surface area contributed by atoms with Gasteiger partial charge >= 0.3 is 0 Å². The van der Waals surface area contributed by atoms with Gasteiger partial charge in [-0.2, -0.15) is 4.31 Å². The minimum atomic E-state index is -3.70. The van der Waals surface area contributed by atoms with Gasteiger partial charge in [-0.05, 0) is 24.6 Å². The van der Waals surface area contributed by atoms with Crippen LogP contribution in [0.25, 0.3) is 0 Å². The molecule has 8 heteroatoms. The zero-order chi connectivity index (χ0) is 17.3. The van der Waals surface area contributed by atoms with Crippen molar-refractivity contribution in [2.75, 3.05) is 12.3 Å². The second kappa shape index (κ2) is 6.54. The average molecular weight is 364 g/mol. The van der Waals surface area contributed by atoms with E-state index in [9.17, 15) is 18.5 Å². The first-order valence-corrected chi connectivity index (χ1v) is 9.83. The molecule has 1 aliphatic rings. The second-order valence-electron chi connectivity index (χ2n) is 5.50. The summed E-state index contributed by atoms with van der Waals surface area (Å²) in [5.41, 5.74) is 1.93. The van der Waals surface area contributed by atoms with Crippen molar-refractivity contribution in [3.63, 3.8) is 0 Å². The molecule has 1 saturated heterocycles. The molecule has 2 aromatic rings. The van der Waals surface area contributed by atoms with E-state index in [1.807, 2.05) is 31.2 Å². The number of thioether (sulfide) groups is 1. The summed E-state index contributed by atoms with van der Waals surface area (Å²) in [6.07, 6.45) is 0. The van der Waals surface area contributed by atoms with E-state index in [1.165, 1.54) is 28.6 Å². The summed E-state index contributed by atoms with van der Waals surface area (Å²) < 4.78 is 27.3. The fraction of sp³-hybridized carbons (Fsp3) is 0.250. The zero-order valence-corrected chi connectivity index (χ0v) is 14.6. The molecular formula is C16H16N2O4S2. The van der Waals surface area contributed by atoms with Crippen molar-refractivity contribution < 1.29 is 13.3 Å². The molecule has 0 amide bonds. The Labute approximate surface area is 144 Å². The fourth-order valence-corrected chi connectivity index (χ4v) is 5.81. The maximum Gasteiger partial charge on any atom is 0.269 e. The van der Waals surface area contributed by atoms with Crippen LogP contribution in [-0.4, -0.2) is 29.9 Å². The number of aryl methyl sites for hydroxylation is 1. The summed E-state index contributed by atoms with van der Waals surface area (Å²) in [5.74, 6) is 0.713. The van der Waals surface area contributed by atoms with Crippen LogP contribution in [0.5, 0.6) is 0 Å². The maximum atomic E-state index is 12.9. The Kier molecular flexibility index (Phi) is 4.62. The van der Waals surface area contributed by atoms with E-state index in [4.69, 9.17) is 0 Å². The van der Waals surface area contributed by atoms with Gasteiger partial charge in [0.2, 0.25) is 10.0 Å². The average Bonchev–Trinajstić information content (AvgIpc) is 3.06. The van der Waals surface area contributed by atoms with Crippen LogP contribution in [0.3, 0.4) is 0 Å². The van der Waals surface area contributed by atoms with Crippen molar-refractivity contribution in [1.29, 1.82) is 0 Å².